The molecule has 5 nitrogen and oxygen atoms in total. The Bertz CT molecular complexity index is 1040. The number of carbonyl (C=O) groups excluding carboxylic acids is 1. The minimum atomic E-state index is -0.972. The van der Waals surface area contributed by atoms with Gasteiger partial charge in [0.25, 0.3) is 5.91 Å². The van der Waals surface area contributed by atoms with Crippen LogP contribution in [0.4, 0.5) is 10.1 Å². The van der Waals surface area contributed by atoms with Gasteiger partial charge in [-0.1, -0.05) is 12.1 Å². The molecule has 1 aliphatic rings. The van der Waals surface area contributed by atoms with E-state index in [1.54, 1.807) is 30.3 Å². The number of hydrogen-bond donors (Lipinski definition) is 1. The summed E-state index contributed by atoms with van der Waals surface area (Å²) in [5.41, 5.74) is 2.21. The standard InChI is InChI=1S/C23H22FNO4S/c24-18-6-4-17(5-7-18)21-8-9-22(29-21)23(26)25-19-3-1-2-16(14-19)15-30(27)20-10-12-28-13-11-20/h1-9,14,20H,10-13,15H2,(H,25,26). The van der Waals surface area contributed by atoms with Crippen molar-refractivity contribution >= 4 is 22.4 Å². The van der Waals surface area contributed by atoms with Crippen LogP contribution in [0.3, 0.4) is 0 Å². The summed E-state index contributed by atoms with van der Waals surface area (Å²) in [5, 5.41) is 2.97. The number of anilines is 1. The Hall–Kier alpha value is -2.77. The SMILES string of the molecule is O=C(Nc1cccc(CS(=O)C2CCOCC2)c1)c1ccc(-c2ccc(F)cc2)o1. The summed E-state index contributed by atoms with van der Waals surface area (Å²) in [6, 6.07) is 16.5. The molecule has 1 N–H and O–H groups in total. The Morgan fingerprint density at radius 3 is 2.60 bits per heavy atom. The van der Waals surface area contributed by atoms with E-state index < -0.39 is 10.8 Å². The fourth-order valence-electron chi connectivity index (χ4n) is 3.38. The van der Waals surface area contributed by atoms with E-state index >= 15 is 0 Å². The molecule has 7 heteroatoms. The van der Waals surface area contributed by atoms with Crippen molar-refractivity contribution in [3.05, 3.63) is 77.8 Å². The van der Waals surface area contributed by atoms with E-state index in [0.29, 0.717) is 36.0 Å². The third kappa shape index (κ3) is 5.04. The highest BCUT2D eigenvalue weighted by molar-refractivity contribution is 7.84. The number of rotatable bonds is 6. The maximum absolute atomic E-state index is 13.1. The zero-order chi connectivity index (χ0) is 20.9. The van der Waals surface area contributed by atoms with Crippen LogP contribution in [-0.4, -0.2) is 28.6 Å². The van der Waals surface area contributed by atoms with Crippen LogP contribution in [0, 0.1) is 5.82 Å². The van der Waals surface area contributed by atoms with E-state index in [9.17, 15) is 13.4 Å². The summed E-state index contributed by atoms with van der Waals surface area (Å²) in [6.07, 6.45) is 1.63. The summed E-state index contributed by atoms with van der Waals surface area (Å²) in [7, 11) is -0.972. The number of furan rings is 1. The molecule has 0 saturated carbocycles. The second-order valence-electron chi connectivity index (χ2n) is 7.16. The molecule has 3 aromatic rings. The number of halogens is 1. The second kappa shape index (κ2) is 9.36. The molecule has 1 fully saturated rings. The monoisotopic (exact) mass is 427 g/mol. The van der Waals surface area contributed by atoms with E-state index in [4.69, 9.17) is 9.15 Å². The molecule has 1 unspecified atom stereocenters. The molecular formula is C23H22FNO4S. The first-order valence-corrected chi connectivity index (χ1v) is 11.2. The molecule has 156 valence electrons. The number of hydrogen-bond acceptors (Lipinski definition) is 4. The van der Waals surface area contributed by atoms with E-state index in [-0.39, 0.29) is 22.7 Å². The van der Waals surface area contributed by atoms with Gasteiger partial charge in [-0.2, -0.15) is 0 Å². The van der Waals surface area contributed by atoms with Gasteiger partial charge in [0.1, 0.15) is 11.6 Å². The average Bonchev–Trinajstić information content (AvgIpc) is 3.26. The fraction of sp³-hybridized carbons (Fsp3) is 0.261. The van der Waals surface area contributed by atoms with Gasteiger partial charge in [0, 0.05) is 46.3 Å². The van der Waals surface area contributed by atoms with E-state index in [2.05, 4.69) is 5.32 Å². The Balaban J connectivity index is 1.40. The molecule has 1 aromatic heterocycles. The summed E-state index contributed by atoms with van der Waals surface area (Å²) < 4.78 is 36.6. The Kier molecular flexibility index (Phi) is 6.40. The van der Waals surface area contributed by atoms with Crippen LogP contribution in [-0.2, 0) is 21.3 Å². The molecule has 0 spiro atoms. The normalized spacial score (nSPS) is 15.6. The van der Waals surface area contributed by atoms with Gasteiger partial charge in [-0.15, -0.1) is 0 Å². The van der Waals surface area contributed by atoms with Crippen LogP contribution in [0.2, 0.25) is 0 Å². The molecule has 0 radical (unpaired) electrons. The molecule has 1 atom stereocenters. The van der Waals surface area contributed by atoms with Gasteiger partial charge in [-0.25, -0.2) is 4.39 Å². The highest BCUT2D eigenvalue weighted by Gasteiger charge is 2.20. The van der Waals surface area contributed by atoms with Crippen LogP contribution < -0.4 is 5.32 Å². The first-order valence-electron chi connectivity index (χ1n) is 9.79. The molecule has 2 heterocycles. The van der Waals surface area contributed by atoms with Crippen molar-refractivity contribution in [1.82, 2.24) is 0 Å². The average molecular weight is 427 g/mol. The van der Waals surface area contributed by atoms with Gasteiger partial charge in [-0.05, 0) is 66.9 Å². The quantitative estimate of drug-likeness (QED) is 0.616. The summed E-state index contributed by atoms with van der Waals surface area (Å²) in [5.74, 6) is 0.377. The molecule has 4 rings (SSSR count). The fourth-order valence-corrected chi connectivity index (χ4v) is 4.84. The number of ether oxygens (including phenoxy) is 1. The van der Waals surface area contributed by atoms with Crippen LogP contribution >= 0.6 is 0 Å². The third-order valence-electron chi connectivity index (χ3n) is 4.99. The number of benzene rings is 2. The van der Waals surface area contributed by atoms with Crippen LogP contribution in [0.25, 0.3) is 11.3 Å². The first-order chi connectivity index (χ1) is 14.6. The largest absolute Gasteiger partial charge is 0.451 e. The molecular weight excluding hydrogens is 405 g/mol. The van der Waals surface area contributed by atoms with Crippen molar-refractivity contribution in [2.75, 3.05) is 18.5 Å². The smallest absolute Gasteiger partial charge is 0.291 e. The predicted octanol–water partition coefficient (Wildman–Crippen LogP) is 4.77. The summed E-state index contributed by atoms with van der Waals surface area (Å²) in [6.45, 7) is 1.32. The Morgan fingerprint density at radius 2 is 1.83 bits per heavy atom. The summed E-state index contributed by atoms with van der Waals surface area (Å²) >= 11 is 0. The second-order valence-corrected chi connectivity index (χ2v) is 8.88. The van der Waals surface area contributed by atoms with E-state index in [0.717, 1.165) is 18.4 Å². The van der Waals surface area contributed by atoms with Crippen molar-refractivity contribution < 1.29 is 22.5 Å². The van der Waals surface area contributed by atoms with Crippen molar-refractivity contribution in [3.63, 3.8) is 0 Å². The minimum absolute atomic E-state index is 0.157. The van der Waals surface area contributed by atoms with Gasteiger partial charge in [0.05, 0.1) is 0 Å². The Labute approximate surface area is 176 Å². The molecule has 1 aliphatic heterocycles. The predicted molar refractivity (Wildman–Crippen MR) is 114 cm³/mol. The molecule has 1 amide bonds. The zero-order valence-corrected chi connectivity index (χ0v) is 17.1. The number of carbonyl (C=O) groups is 1. The van der Waals surface area contributed by atoms with Gasteiger partial charge in [0.2, 0.25) is 0 Å². The van der Waals surface area contributed by atoms with Gasteiger partial charge < -0.3 is 14.5 Å². The van der Waals surface area contributed by atoms with Gasteiger partial charge >= 0.3 is 0 Å². The molecule has 1 saturated heterocycles. The van der Waals surface area contributed by atoms with Crippen molar-refractivity contribution in [3.8, 4) is 11.3 Å². The van der Waals surface area contributed by atoms with Crippen LogP contribution in [0.1, 0.15) is 29.0 Å². The molecule has 0 aliphatic carbocycles. The lowest BCUT2D eigenvalue weighted by Crippen LogP contribution is -2.25. The highest BCUT2D eigenvalue weighted by atomic mass is 32.2. The van der Waals surface area contributed by atoms with E-state index in [1.807, 2.05) is 18.2 Å². The van der Waals surface area contributed by atoms with Crippen molar-refractivity contribution in [2.45, 2.75) is 23.8 Å². The number of amides is 1. The molecule has 30 heavy (non-hydrogen) atoms. The minimum Gasteiger partial charge on any atom is -0.451 e. The lowest BCUT2D eigenvalue weighted by atomic mass is 10.2. The number of nitrogens with one attached hydrogen (secondary N) is 1. The zero-order valence-electron chi connectivity index (χ0n) is 16.3. The maximum Gasteiger partial charge on any atom is 0.291 e. The van der Waals surface area contributed by atoms with Crippen LogP contribution in [0.15, 0.2) is 65.1 Å². The van der Waals surface area contributed by atoms with Gasteiger partial charge in [0.15, 0.2) is 5.76 Å². The molecule has 0 bridgehead atoms. The first kappa shape index (κ1) is 20.5. The maximum atomic E-state index is 13.1. The highest BCUT2D eigenvalue weighted by Crippen LogP contribution is 2.24. The van der Waals surface area contributed by atoms with Crippen LogP contribution in [0.5, 0.6) is 0 Å². The molecule has 2 aromatic carbocycles. The van der Waals surface area contributed by atoms with Gasteiger partial charge in [-0.3, -0.25) is 9.00 Å². The van der Waals surface area contributed by atoms with Crippen molar-refractivity contribution in [2.24, 2.45) is 0 Å². The summed E-state index contributed by atoms with van der Waals surface area (Å²) in [4.78, 5) is 12.6. The van der Waals surface area contributed by atoms with Crippen molar-refractivity contribution in [1.29, 1.82) is 0 Å². The topological polar surface area (TPSA) is 68.5 Å². The van der Waals surface area contributed by atoms with E-state index in [1.165, 1.54) is 12.1 Å². The third-order valence-corrected chi connectivity index (χ3v) is 6.83. The Morgan fingerprint density at radius 1 is 1.07 bits per heavy atom. The lowest BCUT2D eigenvalue weighted by molar-refractivity contribution is 0.0991. The lowest BCUT2D eigenvalue weighted by Gasteiger charge is -2.21.